The van der Waals surface area contributed by atoms with Crippen LogP contribution in [0.2, 0.25) is 18.1 Å². The maximum atomic E-state index is 13.2. The first kappa shape index (κ1) is 33.1. The van der Waals surface area contributed by atoms with E-state index in [-0.39, 0.29) is 29.7 Å². The first-order valence-electron chi connectivity index (χ1n) is 15.6. The minimum Gasteiger partial charge on any atom is -0.458 e. The van der Waals surface area contributed by atoms with Crippen LogP contribution >= 0.6 is 0 Å². The van der Waals surface area contributed by atoms with Gasteiger partial charge in [0.2, 0.25) is 5.71 Å². The number of ether oxygens (including phenoxy) is 2. The third-order valence-electron chi connectivity index (χ3n) is 8.91. The summed E-state index contributed by atoms with van der Waals surface area (Å²) in [5.74, 6) is 0.0786. The van der Waals surface area contributed by atoms with Crippen LogP contribution in [0.3, 0.4) is 0 Å². The zero-order chi connectivity index (χ0) is 31.5. The average molecular weight is 612 g/mol. The summed E-state index contributed by atoms with van der Waals surface area (Å²) >= 11 is 0. The van der Waals surface area contributed by atoms with Crippen LogP contribution in [-0.4, -0.2) is 48.7 Å². The fourth-order valence-corrected chi connectivity index (χ4v) is 5.85. The van der Waals surface area contributed by atoms with Gasteiger partial charge in [-0.15, -0.1) is 0 Å². The van der Waals surface area contributed by atoms with E-state index in [1.165, 1.54) is 29.4 Å². The van der Waals surface area contributed by atoms with Crippen LogP contribution in [-0.2, 0) is 25.1 Å². The molecule has 1 aliphatic heterocycles. The van der Waals surface area contributed by atoms with Crippen molar-refractivity contribution in [3.63, 3.8) is 0 Å². The van der Waals surface area contributed by atoms with E-state index in [0.29, 0.717) is 11.1 Å². The van der Waals surface area contributed by atoms with Crippen molar-refractivity contribution in [3.05, 3.63) is 52.6 Å². The number of aryl methyl sites for hydroxylation is 1. The predicted octanol–water partition coefficient (Wildman–Crippen LogP) is 6.59. The number of hydrogen-bond donors (Lipinski definition) is 1. The highest BCUT2D eigenvalue weighted by molar-refractivity contribution is 6.74. The van der Waals surface area contributed by atoms with Crippen LogP contribution in [0, 0.1) is 5.92 Å². The number of aromatic nitrogens is 2. The van der Waals surface area contributed by atoms with Crippen molar-refractivity contribution in [3.8, 4) is 11.3 Å². The number of unbranched alkanes of at least 4 members (excludes halogenated alkanes) is 2. The number of nitrogens with two attached hydrogens (primary N) is 1. The molecule has 0 saturated carbocycles. The Morgan fingerprint density at radius 2 is 1.88 bits per heavy atom. The summed E-state index contributed by atoms with van der Waals surface area (Å²) in [4.78, 5) is 30.2. The van der Waals surface area contributed by atoms with E-state index in [9.17, 15) is 9.59 Å². The largest absolute Gasteiger partial charge is 0.458 e. The normalized spacial score (nSPS) is 20.2. The van der Waals surface area contributed by atoms with Crippen LogP contribution in [0.25, 0.3) is 22.4 Å². The van der Waals surface area contributed by atoms with Crippen molar-refractivity contribution in [1.82, 2.24) is 9.55 Å². The third kappa shape index (κ3) is 7.84. The van der Waals surface area contributed by atoms with Crippen molar-refractivity contribution < 1.29 is 23.1 Å². The van der Waals surface area contributed by atoms with Crippen molar-refractivity contribution in [1.29, 1.82) is 0 Å². The van der Waals surface area contributed by atoms with Crippen molar-refractivity contribution in [2.75, 3.05) is 6.61 Å². The Labute approximate surface area is 256 Å². The third-order valence-corrected chi connectivity index (χ3v) is 13.4. The van der Waals surface area contributed by atoms with E-state index in [1.54, 1.807) is 6.20 Å². The molecule has 9 nitrogen and oxygen atoms in total. The number of benzene rings is 1. The van der Waals surface area contributed by atoms with E-state index in [2.05, 4.69) is 57.9 Å². The van der Waals surface area contributed by atoms with Gasteiger partial charge in [-0.2, -0.15) is 4.98 Å². The summed E-state index contributed by atoms with van der Waals surface area (Å²) in [5, 5.41) is 0.679. The molecule has 1 saturated heterocycles. The molecule has 236 valence electrons. The van der Waals surface area contributed by atoms with E-state index in [1.807, 2.05) is 32.0 Å². The SMILES string of the molecule is CCCCCc1ccc(-c2cc3cn([C@H]4CC(OC(=O)C(N)C(C)C)[C@@H](CO[Si](C)(C)C(C)(C)C)O4)c(=O)nc3o2)cc1. The second kappa shape index (κ2) is 13.5. The number of furan rings is 1. The Balaban J connectivity index is 1.56. The number of rotatable bonds is 12. The molecule has 0 amide bonds. The molecule has 4 rings (SSSR count). The molecule has 1 fully saturated rings. The maximum absolute atomic E-state index is 13.2. The molecule has 3 aromatic rings. The van der Waals surface area contributed by atoms with Gasteiger partial charge in [0, 0.05) is 18.2 Å². The molecule has 2 N–H and O–H groups in total. The molecule has 0 bridgehead atoms. The second-order valence-corrected chi connectivity index (χ2v) is 18.4. The fourth-order valence-electron chi connectivity index (χ4n) is 4.84. The molecular formula is C33H49N3O6Si. The summed E-state index contributed by atoms with van der Waals surface area (Å²) in [6.07, 6.45) is 4.76. The number of fused-ring (bicyclic) bond motifs is 1. The summed E-state index contributed by atoms with van der Waals surface area (Å²) < 4.78 is 26.1. The zero-order valence-electron chi connectivity index (χ0n) is 27.0. The molecular weight excluding hydrogens is 562 g/mol. The minimum atomic E-state index is -2.11. The average Bonchev–Trinajstić information content (AvgIpc) is 3.54. The fraction of sp³-hybridized carbons (Fsp3) is 0.606. The summed E-state index contributed by atoms with van der Waals surface area (Å²) in [6.45, 7) is 17.0. The van der Waals surface area contributed by atoms with Crippen molar-refractivity contribution in [2.24, 2.45) is 11.7 Å². The van der Waals surface area contributed by atoms with Gasteiger partial charge in [-0.05, 0) is 48.5 Å². The van der Waals surface area contributed by atoms with E-state index >= 15 is 0 Å². The molecule has 1 aromatic carbocycles. The van der Waals surface area contributed by atoms with Gasteiger partial charge in [-0.1, -0.05) is 78.6 Å². The first-order valence-corrected chi connectivity index (χ1v) is 18.5. The Kier molecular flexibility index (Phi) is 10.4. The smallest absolute Gasteiger partial charge is 0.353 e. The van der Waals surface area contributed by atoms with Gasteiger partial charge in [0.25, 0.3) is 0 Å². The van der Waals surface area contributed by atoms with E-state index < -0.39 is 44.5 Å². The lowest BCUT2D eigenvalue weighted by atomic mass is 10.0. The molecule has 10 heteroatoms. The summed E-state index contributed by atoms with van der Waals surface area (Å²) in [5.41, 5.74) is 8.07. The molecule has 2 aromatic heterocycles. The Morgan fingerprint density at radius 3 is 2.51 bits per heavy atom. The van der Waals surface area contributed by atoms with Crippen molar-refractivity contribution >= 4 is 25.4 Å². The Hall–Kier alpha value is -2.79. The molecule has 0 spiro atoms. The monoisotopic (exact) mass is 611 g/mol. The van der Waals surface area contributed by atoms with Crippen LogP contribution in [0.5, 0.6) is 0 Å². The highest BCUT2D eigenvalue weighted by Gasteiger charge is 2.43. The molecule has 3 heterocycles. The number of esters is 1. The molecule has 0 radical (unpaired) electrons. The maximum Gasteiger partial charge on any atom is 0.353 e. The quantitative estimate of drug-likeness (QED) is 0.138. The lowest BCUT2D eigenvalue weighted by molar-refractivity contribution is -0.155. The van der Waals surface area contributed by atoms with E-state index in [0.717, 1.165) is 12.0 Å². The molecule has 0 aliphatic carbocycles. The predicted molar refractivity (Wildman–Crippen MR) is 171 cm³/mol. The number of nitrogens with zero attached hydrogens (tertiary/aromatic N) is 2. The van der Waals surface area contributed by atoms with Crippen LogP contribution in [0.1, 0.15) is 79.0 Å². The Bertz CT molecular complexity index is 1440. The number of carbonyl (C=O) groups is 1. The standard InChI is InChI=1S/C33H49N3O6Si/c1-9-10-11-12-22-13-15-23(16-14-22)25-17-24-19-36(32(38)35-30(24)41-25)28-18-26(42-31(37)29(34)21(2)3)27(40-28)20-39-43(7,8)33(4,5)6/h13-17,19,21,26-29H,9-12,18,20,34H2,1-8H3/t26?,27-,28-,29?/m1/s1. The minimum absolute atomic E-state index is 0.00255. The van der Waals surface area contributed by atoms with Gasteiger partial charge in [-0.3, -0.25) is 9.36 Å². The van der Waals surface area contributed by atoms with Gasteiger partial charge in [0.1, 0.15) is 30.2 Å². The number of hydrogen-bond acceptors (Lipinski definition) is 8. The van der Waals surface area contributed by atoms with Gasteiger partial charge < -0.3 is 24.1 Å². The van der Waals surface area contributed by atoms with Gasteiger partial charge in [0.05, 0.1) is 12.0 Å². The van der Waals surface area contributed by atoms with Crippen LogP contribution in [0.4, 0.5) is 0 Å². The van der Waals surface area contributed by atoms with Gasteiger partial charge >= 0.3 is 11.7 Å². The van der Waals surface area contributed by atoms with Crippen LogP contribution in [0.15, 0.2) is 45.7 Å². The highest BCUT2D eigenvalue weighted by atomic mass is 28.4. The molecule has 1 aliphatic rings. The highest BCUT2D eigenvalue weighted by Crippen LogP contribution is 2.38. The summed E-state index contributed by atoms with van der Waals surface area (Å²) in [6, 6.07) is 9.46. The van der Waals surface area contributed by atoms with E-state index in [4.69, 9.17) is 24.1 Å². The zero-order valence-corrected chi connectivity index (χ0v) is 28.0. The second-order valence-electron chi connectivity index (χ2n) is 13.6. The topological polar surface area (TPSA) is 119 Å². The molecule has 2 unspecified atom stereocenters. The van der Waals surface area contributed by atoms with Gasteiger partial charge in [-0.25, -0.2) is 4.79 Å². The molecule has 4 atom stereocenters. The van der Waals surface area contributed by atoms with Crippen molar-refractivity contribution in [2.45, 2.75) is 116 Å². The number of carbonyl (C=O) groups excluding carboxylic acids is 1. The lowest BCUT2D eigenvalue weighted by Gasteiger charge is -2.37. The Morgan fingerprint density at radius 1 is 1.19 bits per heavy atom. The molecule has 43 heavy (non-hydrogen) atoms. The lowest BCUT2D eigenvalue weighted by Crippen LogP contribution is -2.45. The summed E-state index contributed by atoms with van der Waals surface area (Å²) in [7, 11) is -2.11. The van der Waals surface area contributed by atoms with Crippen LogP contribution < -0.4 is 11.4 Å². The first-order chi connectivity index (χ1) is 20.2. The van der Waals surface area contributed by atoms with Gasteiger partial charge in [0.15, 0.2) is 8.32 Å².